The summed E-state index contributed by atoms with van der Waals surface area (Å²) in [6.07, 6.45) is 0. The predicted molar refractivity (Wildman–Crippen MR) is 102 cm³/mol. The molecule has 6 nitrogen and oxygen atoms in total. The fraction of sp³-hybridized carbons (Fsp3) is 0.316. The highest BCUT2D eigenvalue weighted by Crippen LogP contribution is 2.31. The molecule has 0 aliphatic rings. The Hall–Kier alpha value is -2.67. The minimum Gasteiger partial charge on any atom is -0.481 e. The Morgan fingerprint density at radius 2 is 1.96 bits per heavy atom. The molecular formula is C19H21N3O3S. The molecule has 1 aromatic carbocycles. The molecule has 0 saturated heterocycles. The number of fused-ring (bicyclic) bond motifs is 1. The highest BCUT2D eigenvalue weighted by molar-refractivity contribution is 7.20. The molecule has 3 aromatic rings. The summed E-state index contributed by atoms with van der Waals surface area (Å²) in [5.41, 5.74) is 1.63. The zero-order valence-electron chi connectivity index (χ0n) is 14.9. The smallest absolute Gasteiger partial charge is 0.312 e. The van der Waals surface area contributed by atoms with E-state index in [4.69, 9.17) is 0 Å². The van der Waals surface area contributed by atoms with Gasteiger partial charge in [-0.15, -0.1) is 11.3 Å². The molecule has 1 unspecified atom stereocenters. The molecule has 26 heavy (non-hydrogen) atoms. The number of hydrogen-bond donors (Lipinski definition) is 2. The molecule has 0 spiro atoms. The maximum Gasteiger partial charge on any atom is 0.312 e. The number of carboxylic acids is 1. The van der Waals surface area contributed by atoms with E-state index in [1.165, 1.54) is 11.3 Å². The second-order valence-electron chi connectivity index (χ2n) is 6.50. The number of hydrogen-bond acceptors (Lipinski definition) is 4. The lowest BCUT2D eigenvalue weighted by atomic mass is 9.99. The number of aliphatic carboxylic acids is 1. The van der Waals surface area contributed by atoms with E-state index in [9.17, 15) is 14.7 Å². The van der Waals surface area contributed by atoms with Crippen molar-refractivity contribution in [3.63, 3.8) is 0 Å². The van der Waals surface area contributed by atoms with E-state index < -0.39 is 11.9 Å². The van der Waals surface area contributed by atoms with Crippen LogP contribution in [0.15, 0.2) is 36.4 Å². The van der Waals surface area contributed by atoms with Gasteiger partial charge in [-0.25, -0.2) is 0 Å². The minimum atomic E-state index is -0.959. The monoisotopic (exact) mass is 371 g/mol. The first-order valence-corrected chi connectivity index (χ1v) is 9.22. The number of aromatic nitrogens is 2. The van der Waals surface area contributed by atoms with Gasteiger partial charge in [0.25, 0.3) is 5.91 Å². The normalized spacial score (nSPS) is 12.5. The molecule has 2 aromatic heterocycles. The van der Waals surface area contributed by atoms with Gasteiger partial charge in [0.05, 0.1) is 16.5 Å². The van der Waals surface area contributed by atoms with Gasteiger partial charge < -0.3 is 10.4 Å². The molecule has 2 N–H and O–H groups in total. The average Bonchev–Trinajstić information content (AvgIpc) is 3.16. The molecule has 0 aliphatic heterocycles. The molecule has 2 heterocycles. The first kappa shape index (κ1) is 18.1. The van der Waals surface area contributed by atoms with Crippen LogP contribution < -0.4 is 5.32 Å². The Balaban J connectivity index is 1.78. The number of nitrogens with zero attached hydrogens (tertiary/aromatic N) is 2. The average molecular weight is 371 g/mol. The predicted octanol–water partition coefficient (Wildman–Crippen LogP) is 3.36. The van der Waals surface area contributed by atoms with Crippen LogP contribution in [-0.2, 0) is 11.8 Å². The lowest BCUT2D eigenvalue weighted by Crippen LogP contribution is -2.31. The summed E-state index contributed by atoms with van der Waals surface area (Å²) in [5, 5.41) is 17.7. The second kappa shape index (κ2) is 7.29. The molecule has 0 fully saturated rings. The largest absolute Gasteiger partial charge is 0.481 e. The third-order valence-electron chi connectivity index (χ3n) is 4.28. The number of rotatable bonds is 6. The summed E-state index contributed by atoms with van der Waals surface area (Å²) in [5.74, 6) is -1.73. The van der Waals surface area contributed by atoms with Gasteiger partial charge >= 0.3 is 5.97 Å². The van der Waals surface area contributed by atoms with E-state index >= 15 is 0 Å². The fourth-order valence-electron chi connectivity index (χ4n) is 2.92. The van der Waals surface area contributed by atoms with Gasteiger partial charge in [0, 0.05) is 19.0 Å². The molecule has 1 atom stereocenters. The number of benzene rings is 1. The van der Waals surface area contributed by atoms with E-state index in [-0.39, 0.29) is 18.4 Å². The van der Waals surface area contributed by atoms with Gasteiger partial charge in [0.1, 0.15) is 4.83 Å². The molecule has 3 rings (SSSR count). The Morgan fingerprint density at radius 3 is 2.58 bits per heavy atom. The Labute approximate surface area is 155 Å². The van der Waals surface area contributed by atoms with Crippen molar-refractivity contribution < 1.29 is 14.7 Å². The van der Waals surface area contributed by atoms with Crippen LogP contribution in [0.1, 0.15) is 46.6 Å². The fourth-order valence-corrected chi connectivity index (χ4v) is 3.92. The summed E-state index contributed by atoms with van der Waals surface area (Å²) in [4.78, 5) is 25.6. The van der Waals surface area contributed by atoms with Crippen molar-refractivity contribution >= 4 is 33.4 Å². The Morgan fingerprint density at radius 1 is 1.27 bits per heavy atom. The van der Waals surface area contributed by atoms with E-state index in [2.05, 4.69) is 24.3 Å². The molecule has 1 amide bonds. The quantitative estimate of drug-likeness (QED) is 0.696. The number of carboxylic acid groups (broad SMARTS) is 1. The second-order valence-corrected chi connectivity index (χ2v) is 7.54. The zero-order valence-corrected chi connectivity index (χ0v) is 15.7. The lowest BCUT2D eigenvalue weighted by molar-refractivity contribution is -0.138. The summed E-state index contributed by atoms with van der Waals surface area (Å²) < 4.78 is 1.79. The third kappa shape index (κ3) is 3.48. The Bertz CT molecular complexity index is 944. The first-order chi connectivity index (χ1) is 12.4. The molecule has 0 radical (unpaired) electrons. The molecular weight excluding hydrogens is 350 g/mol. The summed E-state index contributed by atoms with van der Waals surface area (Å²) in [6, 6.07) is 10.8. The molecule has 0 saturated carbocycles. The lowest BCUT2D eigenvalue weighted by Gasteiger charge is -2.13. The Kier molecular flexibility index (Phi) is 5.08. The van der Waals surface area contributed by atoms with Crippen molar-refractivity contribution in [2.45, 2.75) is 25.7 Å². The molecule has 136 valence electrons. The number of carbonyl (C=O) groups is 2. The first-order valence-electron chi connectivity index (χ1n) is 8.41. The summed E-state index contributed by atoms with van der Waals surface area (Å²) in [7, 11) is 1.86. The number of thiophene rings is 1. The highest BCUT2D eigenvalue weighted by atomic mass is 32.1. The van der Waals surface area contributed by atoms with Crippen molar-refractivity contribution in [2.24, 2.45) is 7.05 Å². The van der Waals surface area contributed by atoms with Crippen molar-refractivity contribution in [1.82, 2.24) is 15.1 Å². The molecule has 0 bridgehead atoms. The topological polar surface area (TPSA) is 84.2 Å². The maximum absolute atomic E-state index is 12.5. The third-order valence-corrected chi connectivity index (χ3v) is 5.48. The van der Waals surface area contributed by atoms with Gasteiger partial charge in [-0.1, -0.05) is 44.2 Å². The van der Waals surface area contributed by atoms with E-state index in [1.54, 1.807) is 28.9 Å². The van der Waals surface area contributed by atoms with E-state index in [0.717, 1.165) is 15.9 Å². The van der Waals surface area contributed by atoms with Crippen molar-refractivity contribution in [1.29, 1.82) is 0 Å². The standard InChI is InChI=1S/C19H21N3O3S/c1-11(2)16-13-9-15(26-18(13)22(3)21-16)17(23)20-10-14(19(24)25)12-7-5-4-6-8-12/h4-9,11,14H,10H2,1-3H3,(H,20,23)(H,24,25). The van der Waals surface area contributed by atoms with Crippen LogP contribution in [-0.4, -0.2) is 33.3 Å². The summed E-state index contributed by atoms with van der Waals surface area (Å²) in [6.45, 7) is 4.18. The van der Waals surface area contributed by atoms with Gasteiger partial charge in [-0.2, -0.15) is 5.10 Å². The van der Waals surface area contributed by atoms with E-state index in [0.29, 0.717) is 10.4 Å². The SMILES string of the molecule is CC(C)c1nn(C)c2sc(C(=O)NCC(C(=O)O)c3ccccc3)cc12. The minimum absolute atomic E-state index is 0.0434. The van der Waals surface area contributed by atoms with Gasteiger partial charge in [-0.05, 0) is 17.5 Å². The number of amides is 1. The van der Waals surface area contributed by atoms with Crippen molar-refractivity contribution in [2.75, 3.05) is 6.54 Å². The van der Waals surface area contributed by atoms with Gasteiger partial charge in [0.15, 0.2) is 0 Å². The number of aryl methyl sites for hydroxylation is 1. The van der Waals surface area contributed by atoms with Crippen molar-refractivity contribution in [3.05, 3.63) is 52.5 Å². The molecule has 7 heteroatoms. The van der Waals surface area contributed by atoms with Crippen LogP contribution in [0.25, 0.3) is 10.2 Å². The van der Waals surface area contributed by atoms with Crippen LogP contribution in [0.3, 0.4) is 0 Å². The van der Waals surface area contributed by atoms with Gasteiger partial charge in [0.2, 0.25) is 0 Å². The maximum atomic E-state index is 12.5. The highest BCUT2D eigenvalue weighted by Gasteiger charge is 2.22. The van der Waals surface area contributed by atoms with Crippen LogP contribution in [0, 0.1) is 0 Å². The zero-order chi connectivity index (χ0) is 18.8. The number of carbonyl (C=O) groups excluding carboxylic acids is 1. The van der Waals surface area contributed by atoms with Crippen LogP contribution in [0.4, 0.5) is 0 Å². The number of nitrogens with one attached hydrogen (secondary N) is 1. The van der Waals surface area contributed by atoms with E-state index in [1.807, 2.05) is 19.2 Å². The van der Waals surface area contributed by atoms with Crippen molar-refractivity contribution in [3.8, 4) is 0 Å². The van der Waals surface area contributed by atoms with Crippen LogP contribution >= 0.6 is 11.3 Å². The summed E-state index contributed by atoms with van der Waals surface area (Å²) >= 11 is 1.37. The van der Waals surface area contributed by atoms with Crippen LogP contribution in [0.2, 0.25) is 0 Å². The van der Waals surface area contributed by atoms with Gasteiger partial charge in [-0.3, -0.25) is 14.3 Å². The van der Waals surface area contributed by atoms with Crippen LogP contribution in [0.5, 0.6) is 0 Å². The molecule has 0 aliphatic carbocycles.